The van der Waals surface area contributed by atoms with Gasteiger partial charge in [-0.1, -0.05) is 13.0 Å². The SMILES string of the molecule is CCC1COCCN1CCC(=O)Nc1cc(N)ccc1C. The minimum absolute atomic E-state index is 0.0324. The minimum atomic E-state index is 0.0324. The molecule has 5 nitrogen and oxygen atoms in total. The van der Waals surface area contributed by atoms with E-state index < -0.39 is 0 Å². The van der Waals surface area contributed by atoms with Gasteiger partial charge in [-0.25, -0.2) is 0 Å². The first-order chi connectivity index (χ1) is 10.1. The lowest BCUT2D eigenvalue weighted by molar-refractivity contribution is -0.117. The van der Waals surface area contributed by atoms with E-state index in [0.29, 0.717) is 18.2 Å². The highest BCUT2D eigenvalue weighted by atomic mass is 16.5. The lowest BCUT2D eigenvalue weighted by Crippen LogP contribution is -2.46. The molecule has 1 amide bonds. The number of nitrogens with zero attached hydrogens (tertiary/aromatic N) is 1. The Kier molecular flexibility index (Phi) is 5.59. The number of nitrogen functional groups attached to an aromatic ring is 1. The van der Waals surface area contributed by atoms with Gasteiger partial charge in [-0.05, 0) is 31.0 Å². The minimum Gasteiger partial charge on any atom is -0.399 e. The highest BCUT2D eigenvalue weighted by molar-refractivity contribution is 5.92. The predicted molar refractivity (Wildman–Crippen MR) is 85.3 cm³/mol. The van der Waals surface area contributed by atoms with E-state index in [1.54, 1.807) is 6.07 Å². The Morgan fingerprint density at radius 2 is 2.33 bits per heavy atom. The zero-order chi connectivity index (χ0) is 15.2. The van der Waals surface area contributed by atoms with Crippen molar-refractivity contribution in [3.05, 3.63) is 23.8 Å². The van der Waals surface area contributed by atoms with Crippen molar-refractivity contribution >= 4 is 17.3 Å². The molecular weight excluding hydrogens is 266 g/mol. The van der Waals surface area contributed by atoms with E-state index in [1.165, 1.54) is 0 Å². The van der Waals surface area contributed by atoms with Gasteiger partial charge in [0.05, 0.1) is 13.2 Å². The van der Waals surface area contributed by atoms with E-state index in [4.69, 9.17) is 10.5 Å². The lowest BCUT2D eigenvalue weighted by atomic mass is 10.1. The maximum atomic E-state index is 12.1. The molecule has 1 aliphatic rings. The number of anilines is 2. The van der Waals surface area contributed by atoms with Crippen molar-refractivity contribution in [2.75, 3.05) is 37.4 Å². The number of nitrogens with one attached hydrogen (secondary N) is 1. The summed E-state index contributed by atoms with van der Waals surface area (Å²) in [5.74, 6) is 0.0324. The van der Waals surface area contributed by atoms with Crippen LogP contribution in [-0.2, 0) is 9.53 Å². The van der Waals surface area contributed by atoms with Crippen LogP contribution in [-0.4, -0.2) is 43.2 Å². The van der Waals surface area contributed by atoms with E-state index in [9.17, 15) is 4.79 Å². The van der Waals surface area contributed by atoms with Gasteiger partial charge in [0.1, 0.15) is 0 Å². The van der Waals surface area contributed by atoms with Gasteiger partial charge in [0, 0.05) is 36.9 Å². The van der Waals surface area contributed by atoms with Gasteiger partial charge in [0.25, 0.3) is 0 Å². The normalized spacial score (nSPS) is 19.4. The third-order valence-corrected chi connectivity index (χ3v) is 3.98. The molecule has 0 aliphatic carbocycles. The second-order valence-corrected chi connectivity index (χ2v) is 5.55. The molecule has 3 N–H and O–H groups in total. The zero-order valence-corrected chi connectivity index (χ0v) is 12.9. The molecule has 1 fully saturated rings. The first-order valence-corrected chi connectivity index (χ1v) is 7.58. The summed E-state index contributed by atoms with van der Waals surface area (Å²) in [7, 11) is 0. The maximum absolute atomic E-state index is 12.1. The Hall–Kier alpha value is -1.59. The van der Waals surface area contributed by atoms with Crippen molar-refractivity contribution in [1.29, 1.82) is 0 Å². The zero-order valence-electron chi connectivity index (χ0n) is 12.9. The summed E-state index contributed by atoms with van der Waals surface area (Å²) >= 11 is 0. The topological polar surface area (TPSA) is 67.6 Å². The number of aryl methyl sites for hydroxylation is 1. The van der Waals surface area contributed by atoms with Gasteiger partial charge in [-0.15, -0.1) is 0 Å². The van der Waals surface area contributed by atoms with Gasteiger partial charge < -0.3 is 15.8 Å². The van der Waals surface area contributed by atoms with Crippen molar-refractivity contribution in [2.24, 2.45) is 0 Å². The molecule has 5 heteroatoms. The fourth-order valence-corrected chi connectivity index (χ4v) is 2.59. The summed E-state index contributed by atoms with van der Waals surface area (Å²) in [6.45, 7) is 7.32. The summed E-state index contributed by atoms with van der Waals surface area (Å²) < 4.78 is 5.48. The van der Waals surface area contributed by atoms with Gasteiger partial charge in [-0.3, -0.25) is 9.69 Å². The van der Waals surface area contributed by atoms with Crippen LogP contribution in [0.4, 0.5) is 11.4 Å². The van der Waals surface area contributed by atoms with Crippen molar-refractivity contribution < 1.29 is 9.53 Å². The van der Waals surface area contributed by atoms with Crippen LogP contribution >= 0.6 is 0 Å². The number of ether oxygens (including phenoxy) is 1. The van der Waals surface area contributed by atoms with Crippen LogP contribution < -0.4 is 11.1 Å². The molecule has 1 heterocycles. The Morgan fingerprint density at radius 3 is 3.10 bits per heavy atom. The Morgan fingerprint density at radius 1 is 1.52 bits per heavy atom. The van der Waals surface area contributed by atoms with Crippen LogP contribution in [0.15, 0.2) is 18.2 Å². The van der Waals surface area contributed by atoms with Gasteiger partial charge in [0.15, 0.2) is 0 Å². The summed E-state index contributed by atoms with van der Waals surface area (Å²) in [5.41, 5.74) is 8.24. The second kappa shape index (κ2) is 7.43. The van der Waals surface area contributed by atoms with Crippen molar-refractivity contribution in [3.63, 3.8) is 0 Å². The fourth-order valence-electron chi connectivity index (χ4n) is 2.59. The first kappa shape index (κ1) is 15.8. The average molecular weight is 291 g/mol. The van der Waals surface area contributed by atoms with Gasteiger partial charge in [-0.2, -0.15) is 0 Å². The number of benzene rings is 1. The molecule has 0 spiro atoms. The average Bonchev–Trinajstić information content (AvgIpc) is 2.49. The molecule has 2 rings (SSSR count). The van der Waals surface area contributed by atoms with Crippen molar-refractivity contribution in [3.8, 4) is 0 Å². The molecule has 116 valence electrons. The van der Waals surface area contributed by atoms with E-state index in [1.807, 2.05) is 19.1 Å². The van der Waals surface area contributed by atoms with Crippen LogP contribution in [0.3, 0.4) is 0 Å². The van der Waals surface area contributed by atoms with Crippen molar-refractivity contribution in [2.45, 2.75) is 32.7 Å². The molecule has 21 heavy (non-hydrogen) atoms. The summed E-state index contributed by atoms with van der Waals surface area (Å²) in [6, 6.07) is 5.99. The smallest absolute Gasteiger partial charge is 0.225 e. The molecule has 1 aromatic rings. The van der Waals surface area contributed by atoms with E-state index >= 15 is 0 Å². The number of rotatable bonds is 5. The standard InChI is InChI=1S/C16H25N3O2/c1-3-14-11-21-9-8-19(14)7-6-16(20)18-15-10-13(17)5-4-12(15)2/h4-5,10,14H,3,6-9,11,17H2,1-2H3,(H,18,20). The second-order valence-electron chi connectivity index (χ2n) is 5.55. The molecule has 0 bridgehead atoms. The summed E-state index contributed by atoms with van der Waals surface area (Å²) in [4.78, 5) is 14.4. The molecule has 1 aromatic carbocycles. The molecule has 1 unspecified atom stereocenters. The predicted octanol–water partition coefficient (Wildman–Crippen LogP) is 2.02. The maximum Gasteiger partial charge on any atom is 0.225 e. The van der Waals surface area contributed by atoms with E-state index in [2.05, 4.69) is 17.1 Å². The van der Waals surface area contributed by atoms with Gasteiger partial charge >= 0.3 is 0 Å². The number of hydrogen-bond donors (Lipinski definition) is 2. The molecule has 0 radical (unpaired) electrons. The summed E-state index contributed by atoms with van der Waals surface area (Å²) in [5, 5.41) is 2.95. The lowest BCUT2D eigenvalue weighted by Gasteiger charge is -2.34. The van der Waals surface area contributed by atoms with Crippen LogP contribution in [0.25, 0.3) is 0 Å². The van der Waals surface area contributed by atoms with Crippen LogP contribution in [0.2, 0.25) is 0 Å². The monoisotopic (exact) mass is 291 g/mol. The highest BCUT2D eigenvalue weighted by Gasteiger charge is 2.21. The molecule has 1 aliphatic heterocycles. The molecule has 1 saturated heterocycles. The Labute approximate surface area is 126 Å². The quantitative estimate of drug-likeness (QED) is 0.814. The fraction of sp³-hybridized carbons (Fsp3) is 0.562. The van der Waals surface area contributed by atoms with Crippen LogP contribution in [0.5, 0.6) is 0 Å². The summed E-state index contributed by atoms with van der Waals surface area (Å²) in [6.07, 6.45) is 1.54. The Balaban J connectivity index is 1.85. The number of morpholine rings is 1. The van der Waals surface area contributed by atoms with E-state index in [-0.39, 0.29) is 5.91 Å². The third-order valence-electron chi connectivity index (χ3n) is 3.98. The number of carbonyl (C=O) groups is 1. The number of hydrogen-bond acceptors (Lipinski definition) is 4. The molecule has 0 saturated carbocycles. The third kappa shape index (κ3) is 4.44. The van der Waals surface area contributed by atoms with Crippen LogP contribution in [0, 0.1) is 6.92 Å². The molecule has 0 aromatic heterocycles. The van der Waals surface area contributed by atoms with Gasteiger partial charge in [0.2, 0.25) is 5.91 Å². The molecular formula is C16H25N3O2. The van der Waals surface area contributed by atoms with E-state index in [0.717, 1.165) is 44.0 Å². The largest absolute Gasteiger partial charge is 0.399 e. The molecule has 1 atom stereocenters. The number of amides is 1. The van der Waals surface area contributed by atoms with Crippen molar-refractivity contribution in [1.82, 2.24) is 4.90 Å². The first-order valence-electron chi connectivity index (χ1n) is 7.58. The highest BCUT2D eigenvalue weighted by Crippen LogP contribution is 2.18. The van der Waals surface area contributed by atoms with Crippen LogP contribution in [0.1, 0.15) is 25.3 Å². The number of nitrogens with two attached hydrogens (primary N) is 1. The number of carbonyl (C=O) groups excluding carboxylic acids is 1. The Bertz CT molecular complexity index is 490.